The van der Waals surface area contributed by atoms with E-state index >= 15 is 0 Å². The maximum Gasteiger partial charge on any atom is 0.407 e. The highest BCUT2D eigenvalue weighted by Crippen LogP contribution is 2.06. The number of aromatic nitrogens is 1. The van der Waals surface area contributed by atoms with Crippen molar-refractivity contribution in [2.75, 3.05) is 6.54 Å². The minimum absolute atomic E-state index is 0.0260. The fourth-order valence-corrected chi connectivity index (χ4v) is 1.78. The minimum atomic E-state index is -0.458. The molecule has 1 amide bonds. The Balaban J connectivity index is 2.22. The first-order chi connectivity index (χ1) is 9.30. The number of carbonyl (C=O) groups excluding carboxylic acids is 1. The molecule has 0 spiro atoms. The van der Waals surface area contributed by atoms with Crippen LogP contribution in [0.2, 0.25) is 0 Å². The highest BCUT2D eigenvalue weighted by Gasteiger charge is 2.17. The highest BCUT2D eigenvalue weighted by atomic mass is 16.6. The summed E-state index contributed by atoms with van der Waals surface area (Å²) in [5, 5.41) is 6.13. The summed E-state index contributed by atoms with van der Waals surface area (Å²) < 4.78 is 7.35. The Bertz CT molecular complexity index is 421. The Labute approximate surface area is 121 Å². The molecule has 0 radical (unpaired) electrons. The van der Waals surface area contributed by atoms with Crippen molar-refractivity contribution < 1.29 is 9.53 Å². The van der Waals surface area contributed by atoms with Crippen LogP contribution in [-0.4, -0.2) is 28.8 Å². The zero-order valence-electron chi connectivity index (χ0n) is 13.2. The van der Waals surface area contributed by atoms with Gasteiger partial charge in [0.15, 0.2) is 0 Å². The standard InChI is InChI=1S/C15H27N3O2/c1-6-18-8-7-13(11-18)10-16-9-12(2)17-14(19)20-15(3,4)5/h7-8,11-12,16H,6,9-10H2,1-5H3,(H,17,19). The molecule has 1 aromatic heterocycles. The van der Waals surface area contributed by atoms with E-state index in [0.29, 0.717) is 6.54 Å². The third-order valence-electron chi connectivity index (χ3n) is 2.72. The SMILES string of the molecule is CCn1ccc(CNCC(C)NC(=O)OC(C)(C)C)c1. The molecule has 0 bridgehead atoms. The first-order valence-corrected chi connectivity index (χ1v) is 7.15. The number of rotatable bonds is 6. The molecular formula is C15H27N3O2. The molecule has 0 saturated heterocycles. The van der Waals surface area contributed by atoms with Gasteiger partial charge in [-0.05, 0) is 46.2 Å². The molecule has 1 aromatic rings. The predicted molar refractivity (Wildman–Crippen MR) is 80.6 cm³/mol. The normalized spacial score (nSPS) is 13.1. The van der Waals surface area contributed by atoms with Gasteiger partial charge in [-0.15, -0.1) is 0 Å². The van der Waals surface area contributed by atoms with Crippen molar-refractivity contribution in [3.05, 3.63) is 24.0 Å². The number of nitrogens with one attached hydrogen (secondary N) is 2. The van der Waals surface area contributed by atoms with Gasteiger partial charge in [0.05, 0.1) is 0 Å². The molecule has 2 N–H and O–H groups in total. The van der Waals surface area contributed by atoms with Crippen molar-refractivity contribution in [3.63, 3.8) is 0 Å². The molecule has 20 heavy (non-hydrogen) atoms. The van der Waals surface area contributed by atoms with E-state index in [1.165, 1.54) is 5.56 Å². The monoisotopic (exact) mass is 281 g/mol. The number of aryl methyl sites for hydroxylation is 1. The smallest absolute Gasteiger partial charge is 0.407 e. The molecule has 1 rings (SSSR count). The molecule has 5 heteroatoms. The van der Waals surface area contributed by atoms with Gasteiger partial charge < -0.3 is 19.9 Å². The second kappa shape index (κ2) is 7.33. The predicted octanol–water partition coefficient (Wildman–Crippen LogP) is 2.51. The van der Waals surface area contributed by atoms with Crippen LogP contribution < -0.4 is 10.6 Å². The summed E-state index contributed by atoms with van der Waals surface area (Å²) >= 11 is 0. The maximum absolute atomic E-state index is 11.6. The van der Waals surface area contributed by atoms with Crippen LogP contribution in [0.3, 0.4) is 0 Å². The lowest BCUT2D eigenvalue weighted by atomic mass is 10.2. The van der Waals surface area contributed by atoms with E-state index in [9.17, 15) is 4.79 Å². The number of hydrogen-bond donors (Lipinski definition) is 2. The molecule has 0 aliphatic carbocycles. The van der Waals surface area contributed by atoms with Gasteiger partial charge in [-0.25, -0.2) is 4.79 Å². The lowest BCUT2D eigenvalue weighted by Crippen LogP contribution is -2.42. The lowest BCUT2D eigenvalue weighted by Gasteiger charge is -2.22. The zero-order chi connectivity index (χ0) is 15.2. The third-order valence-corrected chi connectivity index (χ3v) is 2.72. The van der Waals surface area contributed by atoms with Crippen LogP contribution in [0.15, 0.2) is 18.5 Å². The molecule has 5 nitrogen and oxygen atoms in total. The zero-order valence-corrected chi connectivity index (χ0v) is 13.2. The van der Waals surface area contributed by atoms with Crippen molar-refractivity contribution in [2.45, 2.75) is 59.4 Å². The summed E-state index contributed by atoms with van der Waals surface area (Å²) in [5.74, 6) is 0. The molecule has 0 aromatic carbocycles. The van der Waals surface area contributed by atoms with Gasteiger partial charge in [0, 0.05) is 38.1 Å². The topological polar surface area (TPSA) is 55.3 Å². The first-order valence-electron chi connectivity index (χ1n) is 7.15. The van der Waals surface area contributed by atoms with E-state index in [1.807, 2.05) is 27.7 Å². The van der Waals surface area contributed by atoms with Gasteiger partial charge in [-0.2, -0.15) is 0 Å². The molecule has 0 fully saturated rings. The van der Waals surface area contributed by atoms with Gasteiger partial charge >= 0.3 is 6.09 Å². The number of alkyl carbamates (subject to hydrolysis) is 1. The molecule has 0 saturated carbocycles. The molecule has 0 aliphatic rings. The summed E-state index contributed by atoms with van der Waals surface area (Å²) in [7, 11) is 0. The fourth-order valence-electron chi connectivity index (χ4n) is 1.78. The van der Waals surface area contributed by atoms with E-state index in [0.717, 1.165) is 13.1 Å². The van der Waals surface area contributed by atoms with Crippen molar-refractivity contribution in [1.29, 1.82) is 0 Å². The third kappa shape index (κ3) is 6.61. The van der Waals surface area contributed by atoms with E-state index < -0.39 is 5.60 Å². The molecule has 0 aliphatic heterocycles. The average molecular weight is 281 g/mol. The van der Waals surface area contributed by atoms with Gasteiger partial charge in [0.25, 0.3) is 0 Å². The summed E-state index contributed by atoms with van der Waals surface area (Å²) in [6.07, 6.45) is 3.82. The second-order valence-electron chi connectivity index (χ2n) is 6.03. The molecule has 1 unspecified atom stereocenters. The largest absolute Gasteiger partial charge is 0.444 e. The van der Waals surface area contributed by atoms with Crippen LogP contribution in [-0.2, 0) is 17.8 Å². The van der Waals surface area contributed by atoms with Gasteiger partial charge in [0.1, 0.15) is 5.60 Å². The Morgan fingerprint density at radius 2 is 2.15 bits per heavy atom. The van der Waals surface area contributed by atoms with Gasteiger partial charge in [0.2, 0.25) is 0 Å². The Morgan fingerprint density at radius 3 is 2.70 bits per heavy atom. The van der Waals surface area contributed by atoms with Crippen molar-refractivity contribution in [3.8, 4) is 0 Å². The van der Waals surface area contributed by atoms with Crippen LogP contribution in [0.4, 0.5) is 4.79 Å². The van der Waals surface area contributed by atoms with E-state index in [2.05, 4.69) is 40.6 Å². The van der Waals surface area contributed by atoms with E-state index in [1.54, 1.807) is 0 Å². The summed E-state index contributed by atoms with van der Waals surface area (Å²) in [5.41, 5.74) is 0.789. The number of hydrogen-bond acceptors (Lipinski definition) is 3. The summed E-state index contributed by atoms with van der Waals surface area (Å²) in [4.78, 5) is 11.6. The van der Waals surface area contributed by atoms with Crippen molar-refractivity contribution >= 4 is 6.09 Å². The average Bonchev–Trinajstić information content (AvgIpc) is 2.74. The first kappa shape index (κ1) is 16.6. The molecule has 1 heterocycles. The number of nitrogens with zero attached hydrogens (tertiary/aromatic N) is 1. The Morgan fingerprint density at radius 1 is 1.45 bits per heavy atom. The molecule has 1 atom stereocenters. The lowest BCUT2D eigenvalue weighted by molar-refractivity contribution is 0.0508. The van der Waals surface area contributed by atoms with Crippen LogP contribution >= 0.6 is 0 Å². The van der Waals surface area contributed by atoms with Crippen LogP contribution in [0.25, 0.3) is 0 Å². The van der Waals surface area contributed by atoms with Gasteiger partial charge in [-0.3, -0.25) is 0 Å². The molecular weight excluding hydrogens is 254 g/mol. The van der Waals surface area contributed by atoms with Crippen LogP contribution in [0.5, 0.6) is 0 Å². The van der Waals surface area contributed by atoms with E-state index in [-0.39, 0.29) is 12.1 Å². The maximum atomic E-state index is 11.6. The van der Waals surface area contributed by atoms with Crippen LogP contribution in [0.1, 0.15) is 40.2 Å². The summed E-state index contributed by atoms with van der Waals surface area (Å²) in [6, 6.07) is 2.13. The highest BCUT2D eigenvalue weighted by molar-refractivity contribution is 5.68. The number of carbonyl (C=O) groups is 1. The van der Waals surface area contributed by atoms with Crippen LogP contribution in [0, 0.1) is 0 Å². The number of amides is 1. The number of ether oxygens (including phenoxy) is 1. The Kier molecular flexibility index (Phi) is 6.07. The quantitative estimate of drug-likeness (QED) is 0.842. The van der Waals surface area contributed by atoms with Crippen molar-refractivity contribution in [1.82, 2.24) is 15.2 Å². The Hall–Kier alpha value is -1.49. The minimum Gasteiger partial charge on any atom is -0.444 e. The van der Waals surface area contributed by atoms with E-state index in [4.69, 9.17) is 4.74 Å². The fraction of sp³-hybridized carbons (Fsp3) is 0.667. The summed E-state index contributed by atoms with van der Waals surface area (Å²) in [6.45, 7) is 12.1. The van der Waals surface area contributed by atoms with Crippen molar-refractivity contribution in [2.24, 2.45) is 0 Å². The molecule has 114 valence electrons. The van der Waals surface area contributed by atoms with Gasteiger partial charge in [-0.1, -0.05) is 0 Å². The second-order valence-corrected chi connectivity index (χ2v) is 6.03.